The maximum Gasteiger partial charge on any atom is 0.311 e. The SMILES string of the molecule is O=C(O)Cc1cnc(C2CCCNC2)o1. The van der Waals surface area contributed by atoms with Gasteiger partial charge >= 0.3 is 5.97 Å². The predicted octanol–water partition coefficient (Wildman–Crippen LogP) is 0.769. The summed E-state index contributed by atoms with van der Waals surface area (Å²) in [6.45, 7) is 1.91. The third kappa shape index (κ3) is 2.56. The third-order valence-corrected chi connectivity index (χ3v) is 2.54. The second-order valence-electron chi connectivity index (χ2n) is 3.78. The van der Waals surface area contributed by atoms with E-state index in [1.807, 2.05) is 0 Å². The molecule has 5 heteroatoms. The van der Waals surface area contributed by atoms with Gasteiger partial charge in [-0.1, -0.05) is 0 Å². The van der Waals surface area contributed by atoms with Gasteiger partial charge in [-0.25, -0.2) is 4.98 Å². The van der Waals surface area contributed by atoms with Gasteiger partial charge in [0.05, 0.1) is 6.20 Å². The van der Waals surface area contributed by atoms with Crippen LogP contribution in [-0.4, -0.2) is 29.1 Å². The Morgan fingerprint density at radius 1 is 1.73 bits per heavy atom. The number of hydrogen-bond donors (Lipinski definition) is 2. The zero-order valence-electron chi connectivity index (χ0n) is 8.40. The Balaban J connectivity index is 2.02. The number of piperidine rings is 1. The quantitative estimate of drug-likeness (QED) is 0.770. The van der Waals surface area contributed by atoms with Gasteiger partial charge in [0.15, 0.2) is 5.89 Å². The lowest BCUT2D eigenvalue weighted by molar-refractivity contribution is -0.136. The van der Waals surface area contributed by atoms with Crippen molar-refractivity contribution < 1.29 is 14.3 Å². The van der Waals surface area contributed by atoms with Crippen LogP contribution >= 0.6 is 0 Å². The van der Waals surface area contributed by atoms with E-state index >= 15 is 0 Å². The minimum absolute atomic E-state index is 0.0901. The van der Waals surface area contributed by atoms with Crippen LogP contribution < -0.4 is 5.32 Å². The molecular weight excluding hydrogens is 196 g/mol. The van der Waals surface area contributed by atoms with Crippen molar-refractivity contribution in [2.45, 2.75) is 25.2 Å². The Morgan fingerprint density at radius 2 is 2.60 bits per heavy atom. The molecule has 15 heavy (non-hydrogen) atoms. The molecule has 0 radical (unpaired) electrons. The summed E-state index contributed by atoms with van der Waals surface area (Å²) >= 11 is 0. The van der Waals surface area contributed by atoms with E-state index < -0.39 is 5.97 Å². The van der Waals surface area contributed by atoms with E-state index in [1.54, 1.807) is 0 Å². The van der Waals surface area contributed by atoms with Crippen LogP contribution in [0.5, 0.6) is 0 Å². The summed E-state index contributed by atoms with van der Waals surface area (Å²) in [5, 5.41) is 11.9. The molecule has 0 spiro atoms. The minimum atomic E-state index is -0.889. The fraction of sp³-hybridized carbons (Fsp3) is 0.600. The lowest BCUT2D eigenvalue weighted by atomic mass is 10.00. The standard InChI is InChI=1S/C10H14N2O3/c13-9(14)4-8-6-12-10(15-8)7-2-1-3-11-5-7/h6-7,11H,1-5H2,(H,13,14). The van der Waals surface area contributed by atoms with Crippen molar-refractivity contribution in [1.29, 1.82) is 0 Å². The molecule has 5 nitrogen and oxygen atoms in total. The molecule has 2 N–H and O–H groups in total. The number of carboxylic acids is 1. The van der Waals surface area contributed by atoms with Crippen molar-refractivity contribution in [1.82, 2.24) is 10.3 Å². The number of carboxylic acid groups (broad SMARTS) is 1. The molecule has 0 amide bonds. The highest BCUT2D eigenvalue weighted by molar-refractivity contribution is 5.69. The summed E-state index contributed by atoms with van der Waals surface area (Å²) < 4.78 is 5.40. The molecule has 1 aliphatic heterocycles. The van der Waals surface area contributed by atoms with Crippen LogP contribution in [0, 0.1) is 0 Å². The van der Waals surface area contributed by atoms with Crippen molar-refractivity contribution in [2.75, 3.05) is 13.1 Å². The molecule has 2 heterocycles. The van der Waals surface area contributed by atoms with Gasteiger partial charge in [-0.05, 0) is 19.4 Å². The van der Waals surface area contributed by atoms with Crippen molar-refractivity contribution in [3.05, 3.63) is 17.8 Å². The first-order valence-electron chi connectivity index (χ1n) is 5.13. The summed E-state index contributed by atoms with van der Waals surface area (Å²) in [6.07, 6.45) is 3.59. The van der Waals surface area contributed by atoms with Gasteiger partial charge in [0, 0.05) is 12.5 Å². The van der Waals surface area contributed by atoms with Gasteiger partial charge in [-0.3, -0.25) is 4.79 Å². The van der Waals surface area contributed by atoms with Crippen LogP contribution in [0.25, 0.3) is 0 Å². The molecule has 1 fully saturated rings. The van der Waals surface area contributed by atoms with Gasteiger partial charge in [0.25, 0.3) is 0 Å². The molecule has 2 rings (SSSR count). The summed E-state index contributed by atoms with van der Waals surface area (Å²) in [5.74, 6) is 0.502. The zero-order chi connectivity index (χ0) is 10.7. The minimum Gasteiger partial charge on any atom is -0.481 e. The van der Waals surface area contributed by atoms with Crippen molar-refractivity contribution in [3.8, 4) is 0 Å². The zero-order valence-corrected chi connectivity index (χ0v) is 8.40. The number of hydrogen-bond acceptors (Lipinski definition) is 4. The molecule has 0 bridgehead atoms. The number of rotatable bonds is 3. The highest BCUT2D eigenvalue weighted by Crippen LogP contribution is 2.22. The van der Waals surface area contributed by atoms with Crippen molar-refractivity contribution in [2.24, 2.45) is 0 Å². The maximum atomic E-state index is 10.5. The van der Waals surface area contributed by atoms with Gasteiger partial charge in [-0.15, -0.1) is 0 Å². The number of carbonyl (C=O) groups is 1. The normalized spacial score (nSPS) is 21.5. The number of nitrogens with one attached hydrogen (secondary N) is 1. The van der Waals surface area contributed by atoms with E-state index in [9.17, 15) is 4.79 Å². The Bertz CT molecular complexity index is 342. The van der Waals surface area contributed by atoms with Gasteiger partial charge in [-0.2, -0.15) is 0 Å². The Labute approximate surface area is 87.5 Å². The van der Waals surface area contributed by atoms with Crippen molar-refractivity contribution >= 4 is 5.97 Å². The molecule has 1 unspecified atom stereocenters. The number of oxazole rings is 1. The molecule has 1 aromatic rings. The van der Waals surface area contributed by atoms with Crippen LogP contribution in [0.15, 0.2) is 10.6 Å². The van der Waals surface area contributed by atoms with Gasteiger partial charge in [0.1, 0.15) is 12.2 Å². The summed E-state index contributed by atoms with van der Waals surface area (Å²) in [6, 6.07) is 0. The third-order valence-electron chi connectivity index (χ3n) is 2.54. The second-order valence-corrected chi connectivity index (χ2v) is 3.78. The van der Waals surface area contributed by atoms with E-state index in [-0.39, 0.29) is 6.42 Å². The first kappa shape index (κ1) is 10.2. The highest BCUT2D eigenvalue weighted by atomic mass is 16.4. The number of aliphatic carboxylic acids is 1. The lowest BCUT2D eigenvalue weighted by Crippen LogP contribution is -2.28. The van der Waals surface area contributed by atoms with E-state index in [0.717, 1.165) is 25.9 Å². The first-order chi connectivity index (χ1) is 7.25. The maximum absolute atomic E-state index is 10.5. The largest absolute Gasteiger partial charge is 0.481 e. The summed E-state index contributed by atoms with van der Waals surface area (Å²) in [4.78, 5) is 14.6. The van der Waals surface area contributed by atoms with Crippen LogP contribution in [-0.2, 0) is 11.2 Å². The molecule has 0 aliphatic carbocycles. The first-order valence-corrected chi connectivity index (χ1v) is 5.13. The number of aromatic nitrogens is 1. The number of nitrogens with zero attached hydrogens (tertiary/aromatic N) is 1. The molecule has 82 valence electrons. The fourth-order valence-electron chi connectivity index (χ4n) is 1.80. The average Bonchev–Trinajstić information content (AvgIpc) is 2.67. The second kappa shape index (κ2) is 4.44. The molecule has 1 aliphatic rings. The molecule has 1 atom stereocenters. The van der Waals surface area contributed by atoms with Crippen LogP contribution in [0.2, 0.25) is 0 Å². The molecule has 1 saturated heterocycles. The Morgan fingerprint density at radius 3 is 3.27 bits per heavy atom. The van der Waals surface area contributed by atoms with E-state index in [2.05, 4.69) is 10.3 Å². The Hall–Kier alpha value is -1.36. The van der Waals surface area contributed by atoms with Crippen LogP contribution in [0.1, 0.15) is 30.4 Å². The monoisotopic (exact) mass is 210 g/mol. The van der Waals surface area contributed by atoms with E-state index in [1.165, 1.54) is 6.20 Å². The molecule has 0 aromatic carbocycles. The topological polar surface area (TPSA) is 75.4 Å². The van der Waals surface area contributed by atoms with Crippen LogP contribution in [0.4, 0.5) is 0 Å². The molecular formula is C10H14N2O3. The molecule has 1 aromatic heterocycles. The van der Waals surface area contributed by atoms with E-state index in [4.69, 9.17) is 9.52 Å². The predicted molar refractivity (Wildman–Crippen MR) is 52.7 cm³/mol. The average molecular weight is 210 g/mol. The lowest BCUT2D eigenvalue weighted by Gasteiger charge is -2.19. The van der Waals surface area contributed by atoms with Crippen molar-refractivity contribution in [3.63, 3.8) is 0 Å². The van der Waals surface area contributed by atoms with Gasteiger partial charge in [0.2, 0.25) is 0 Å². The summed E-state index contributed by atoms with van der Waals surface area (Å²) in [5.41, 5.74) is 0. The highest BCUT2D eigenvalue weighted by Gasteiger charge is 2.20. The van der Waals surface area contributed by atoms with Gasteiger partial charge < -0.3 is 14.8 Å². The van der Waals surface area contributed by atoms with Crippen LogP contribution in [0.3, 0.4) is 0 Å². The molecule has 0 saturated carbocycles. The smallest absolute Gasteiger partial charge is 0.311 e. The Kier molecular flexibility index (Phi) is 3.01. The fourth-order valence-corrected chi connectivity index (χ4v) is 1.80. The van der Waals surface area contributed by atoms with E-state index in [0.29, 0.717) is 17.6 Å². The summed E-state index contributed by atoms with van der Waals surface area (Å²) in [7, 11) is 0.